The van der Waals surface area contributed by atoms with Gasteiger partial charge in [-0.2, -0.15) is 0 Å². The average Bonchev–Trinajstić information content (AvgIpc) is 3.00. The Bertz CT molecular complexity index is 928. The van der Waals surface area contributed by atoms with Gasteiger partial charge >= 0.3 is 0 Å². The fraction of sp³-hybridized carbons (Fsp3) is 0.774. The summed E-state index contributed by atoms with van der Waals surface area (Å²) >= 11 is 0. The van der Waals surface area contributed by atoms with Gasteiger partial charge in [0.15, 0.2) is 0 Å². The van der Waals surface area contributed by atoms with Crippen LogP contribution in [0.15, 0.2) is 35.5 Å². The maximum Gasteiger partial charge on any atom is 0.293 e. The van der Waals surface area contributed by atoms with Crippen LogP contribution in [0.3, 0.4) is 0 Å². The summed E-state index contributed by atoms with van der Waals surface area (Å²) in [4.78, 5) is 11.5. The fourth-order valence-corrected chi connectivity index (χ4v) is 8.69. The molecule has 8 atom stereocenters. The molecule has 0 aliphatic heterocycles. The van der Waals surface area contributed by atoms with E-state index in [4.69, 9.17) is 4.74 Å². The standard InChI is InChI=1S/C31H48O4/c1-19(2)20(3)9-11-24(35-18-32)23-17-27(34)31(8)22-10-12-25-28(4,5)26(33)14-15-29(25,6)21(22)13-16-30(23,31)7/h10,13,18-19,23-27,33-34H,3,9,11-12,14-17H2,1-2,4-8H3/t23-,24-,25+,26+,27+,29-,30-,31-/m1/s1. The van der Waals surface area contributed by atoms with Gasteiger partial charge in [0.2, 0.25) is 0 Å². The van der Waals surface area contributed by atoms with Crippen LogP contribution in [-0.4, -0.2) is 35.0 Å². The summed E-state index contributed by atoms with van der Waals surface area (Å²) in [6, 6.07) is 0. The minimum Gasteiger partial charge on any atom is -0.464 e. The Morgan fingerprint density at radius 3 is 2.46 bits per heavy atom. The lowest BCUT2D eigenvalue weighted by atomic mass is 9.44. The summed E-state index contributed by atoms with van der Waals surface area (Å²) in [6.45, 7) is 20.5. The lowest BCUT2D eigenvalue weighted by molar-refractivity contribution is -0.140. The van der Waals surface area contributed by atoms with E-state index in [2.05, 4.69) is 67.2 Å². The van der Waals surface area contributed by atoms with Gasteiger partial charge in [-0.3, -0.25) is 4.79 Å². The number of hydrogen-bond donors (Lipinski definition) is 2. The van der Waals surface area contributed by atoms with E-state index in [0.29, 0.717) is 24.7 Å². The molecule has 196 valence electrons. The molecule has 4 nitrogen and oxygen atoms in total. The zero-order chi connectivity index (χ0) is 26.0. The summed E-state index contributed by atoms with van der Waals surface area (Å²) in [5, 5.41) is 22.5. The van der Waals surface area contributed by atoms with Crippen LogP contribution in [-0.2, 0) is 9.53 Å². The average molecular weight is 485 g/mol. The van der Waals surface area contributed by atoms with Crippen molar-refractivity contribution in [3.63, 3.8) is 0 Å². The highest BCUT2D eigenvalue weighted by Gasteiger charge is 2.67. The number of carbonyl (C=O) groups is 1. The predicted octanol–water partition coefficient (Wildman–Crippen LogP) is 6.38. The van der Waals surface area contributed by atoms with Gasteiger partial charge in [-0.1, -0.05) is 72.8 Å². The number of hydrogen-bond acceptors (Lipinski definition) is 4. The van der Waals surface area contributed by atoms with Crippen LogP contribution >= 0.6 is 0 Å². The molecule has 4 aliphatic carbocycles. The van der Waals surface area contributed by atoms with Crippen LogP contribution in [0.5, 0.6) is 0 Å². The molecule has 0 aromatic rings. The Morgan fingerprint density at radius 1 is 1.14 bits per heavy atom. The molecular weight excluding hydrogens is 436 g/mol. The molecule has 2 saturated carbocycles. The van der Waals surface area contributed by atoms with Crippen molar-refractivity contribution >= 4 is 6.47 Å². The molecule has 0 bridgehead atoms. The molecule has 0 radical (unpaired) electrons. The summed E-state index contributed by atoms with van der Waals surface area (Å²) in [6.07, 6.45) is 9.66. The third kappa shape index (κ3) is 3.72. The van der Waals surface area contributed by atoms with Crippen molar-refractivity contribution in [2.24, 2.45) is 39.4 Å². The first kappa shape index (κ1) is 26.7. The first-order valence-electron chi connectivity index (χ1n) is 13.8. The normalized spacial score (nSPS) is 42.8. The minimum absolute atomic E-state index is 0.00264. The molecule has 0 saturated heterocycles. The quantitative estimate of drug-likeness (QED) is 0.325. The number of ether oxygens (including phenoxy) is 1. The van der Waals surface area contributed by atoms with Gasteiger partial charge in [-0.05, 0) is 84.2 Å². The first-order chi connectivity index (χ1) is 16.2. The minimum atomic E-state index is -0.485. The third-order valence-corrected chi connectivity index (χ3v) is 11.6. The van der Waals surface area contributed by atoms with E-state index in [1.807, 2.05) is 0 Å². The largest absolute Gasteiger partial charge is 0.464 e. The van der Waals surface area contributed by atoms with Gasteiger partial charge in [0.1, 0.15) is 6.10 Å². The van der Waals surface area contributed by atoms with Crippen LogP contribution in [0.2, 0.25) is 0 Å². The molecular formula is C31H48O4. The fourth-order valence-electron chi connectivity index (χ4n) is 8.69. The highest BCUT2D eigenvalue weighted by Crippen LogP contribution is 2.71. The molecule has 2 fully saturated rings. The third-order valence-electron chi connectivity index (χ3n) is 11.6. The maximum atomic E-state index is 11.7. The van der Waals surface area contributed by atoms with Crippen LogP contribution in [0.1, 0.15) is 93.4 Å². The second-order valence-corrected chi connectivity index (χ2v) is 13.6. The van der Waals surface area contributed by atoms with E-state index in [0.717, 1.165) is 38.5 Å². The van der Waals surface area contributed by atoms with E-state index in [-0.39, 0.29) is 34.4 Å². The monoisotopic (exact) mass is 484 g/mol. The van der Waals surface area contributed by atoms with Crippen molar-refractivity contribution in [2.45, 2.75) is 112 Å². The Balaban J connectivity index is 1.71. The molecule has 0 spiro atoms. The van der Waals surface area contributed by atoms with Crippen molar-refractivity contribution < 1.29 is 19.7 Å². The second-order valence-electron chi connectivity index (χ2n) is 13.6. The number of allylic oxidation sites excluding steroid dienone is 4. The highest BCUT2D eigenvalue weighted by atomic mass is 16.5. The smallest absolute Gasteiger partial charge is 0.293 e. The zero-order valence-corrected chi connectivity index (χ0v) is 23.1. The number of rotatable bonds is 7. The molecule has 0 aromatic carbocycles. The van der Waals surface area contributed by atoms with Crippen molar-refractivity contribution in [2.75, 3.05) is 0 Å². The van der Waals surface area contributed by atoms with Gasteiger partial charge in [-0.15, -0.1) is 0 Å². The van der Waals surface area contributed by atoms with Gasteiger partial charge < -0.3 is 14.9 Å². The van der Waals surface area contributed by atoms with Crippen molar-refractivity contribution in [1.29, 1.82) is 0 Å². The Kier molecular flexibility index (Phi) is 6.76. The topological polar surface area (TPSA) is 66.8 Å². The lowest BCUT2D eigenvalue weighted by Gasteiger charge is -2.61. The molecule has 4 heteroatoms. The summed E-state index contributed by atoms with van der Waals surface area (Å²) in [7, 11) is 0. The molecule has 0 heterocycles. The SMILES string of the molecule is C=C(CC[C@@H](OC=O)[C@H]1C[C@H](O)[C@@]2(C)C3=CC[C@H]4C(C)(C)[C@@H](O)CC[C@]4(C)C3=CC[C@]12C)C(C)C. The molecule has 0 aromatic heterocycles. The maximum absolute atomic E-state index is 11.7. The van der Waals surface area contributed by atoms with Crippen molar-refractivity contribution in [3.8, 4) is 0 Å². The van der Waals surface area contributed by atoms with E-state index in [1.54, 1.807) is 0 Å². The van der Waals surface area contributed by atoms with Crippen molar-refractivity contribution in [3.05, 3.63) is 35.5 Å². The number of carbonyl (C=O) groups excluding carboxylic acids is 1. The molecule has 0 amide bonds. The van der Waals surface area contributed by atoms with Crippen LogP contribution < -0.4 is 0 Å². The first-order valence-corrected chi connectivity index (χ1v) is 13.8. The number of fused-ring (bicyclic) bond motifs is 5. The summed E-state index contributed by atoms with van der Waals surface area (Å²) in [5.74, 6) is 0.868. The highest BCUT2D eigenvalue weighted by molar-refractivity contribution is 5.51. The molecule has 2 N–H and O–H groups in total. The molecule has 4 aliphatic rings. The molecule has 35 heavy (non-hydrogen) atoms. The van der Waals surface area contributed by atoms with Crippen LogP contribution in [0.25, 0.3) is 0 Å². The van der Waals surface area contributed by atoms with Crippen molar-refractivity contribution in [1.82, 2.24) is 0 Å². The number of aliphatic hydroxyl groups is 2. The Morgan fingerprint density at radius 2 is 1.83 bits per heavy atom. The number of aliphatic hydroxyl groups excluding tert-OH is 2. The zero-order valence-electron chi connectivity index (χ0n) is 23.1. The van der Waals surface area contributed by atoms with Gasteiger partial charge in [0.05, 0.1) is 12.2 Å². The van der Waals surface area contributed by atoms with Crippen LogP contribution in [0, 0.1) is 39.4 Å². The van der Waals surface area contributed by atoms with Gasteiger partial charge in [-0.25, -0.2) is 0 Å². The second kappa shape index (κ2) is 8.87. The van der Waals surface area contributed by atoms with E-state index < -0.39 is 11.5 Å². The predicted molar refractivity (Wildman–Crippen MR) is 140 cm³/mol. The van der Waals surface area contributed by atoms with E-state index in [1.165, 1.54) is 16.7 Å². The van der Waals surface area contributed by atoms with Crippen LogP contribution in [0.4, 0.5) is 0 Å². The molecule has 0 unspecified atom stereocenters. The summed E-state index contributed by atoms with van der Waals surface area (Å²) < 4.78 is 5.74. The summed E-state index contributed by atoms with van der Waals surface area (Å²) in [5.41, 5.74) is 3.14. The Hall–Kier alpha value is -1.39. The van der Waals surface area contributed by atoms with Gasteiger partial charge in [0.25, 0.3) is 6.47 Å². The Labute approximate surface area is 212 Å². The van der Waals surface area contributed by atoms with E-state index >= 15 is 0 Å². The van der Waals surface area contributed by atoms with E-state index in [9.17, 15) is 15.0 Å². The molecule has 4 rings (SSSR count). The lowest BCUT2D eigenvalue weighted by Crippen LogP contribution is -2.56. The van der Waals surface area contributed by atoms with Gasteiger partial charge in [0, 0.05) is 11.3 Å².